The van der Waals surface area contributed by atoms with Crippen molar-refractivity contribution in [2.24, 2.45) is 23.0 Å². The largest absolute Gasteiger partial charge is 0.351 e. The maximum atomic E-state index is 13.0. The summed E-state index contributed by atoms with van der Waals surface area (Å²) in [6.07, 6.45) is 6.10. The molecule has 7 nitrogen and oxygen atoms in total. The third kappa shape index (κ3) is 4.46. The smallest absolute Gasteiger partial charge is 0.325 e. The Hall–Kier alpha value is -1.34. The van der Waals surface area contributed by atoms with Crippen LogP contribution in [0.3, 0.4) is 0 Å². The van der Waals surface area contributed by atoms with Crippen LogP contribution in [0.2, 0.25) is 0 Å². The molecule has 1 aliphatic heterocycles. The number of halogens is 1. The Labute approximate surface area is 173 Å². The standard InChI is InChI=1S/C20H34N4O3.ClH/c1-19(2,3)14-7-9-20(10-8-14)17(26)24(18(27)23-20)12-16(25)22-15-6-4-5-13(15)11-21;/h13-15H,4-12,21H2,1-3H3,(H,22,25)(H,23,27);1H. The van der Waals surface area contributed by atoms with E-state index < -0.39 is 11.6 Å². The Morgan fingerprint density at radius 3 is 2.43 bits per heavy atom. The second-order valence-corrected chi connectivity index (χ2v) is 9.64. The van der Waals surface area contributed by atoms with Crippen molar-refractivity contribution in [3.63, 3.8) is 0 Å². The number of urea groups is 1. The zero-order valence-electron chi connectivity index (χ0n) is 17.3. The van der Waals surface area contributed by atoms with Gasteiger partial charge in [0, 0.05) is 6.04 Å². The number of hydrogen-bond donors (Lipinski definition) is 3. The molecule has 3 rings (SSSR count). The van der Waals surface area contributed by atoms with Gasteiger partial charge in [0.05, 0.1) is 0 Å². The molecule has 0 bridgehead atoms. The van der Waals surface area contributed by atoms with E-state index in [0.29, 0.717) is 25.3 Å². The fourth-order valence-electron chi connectivity index (χ4n) is 5.04. The topological polar surface area (TPSA) is 105 Å². The Morgan fingerprint density at radius 2 is 1.86 bits per heavy atom. The van der Waals surface area contributed by atoms with Crippen molar-refractivity contribution in [1.82, 2.24) is 15.5 Å². The van der Waals surface area contributed by atoms with Crippen LogP contribution in [0.25, 0.3) is 0 Å². The summed E-state index contributed by atoms with van der Waals surface area (Å²) < 4.78 is 0. The van der Waals surface area contributed by atoms with Gasteiger partial charge >= 0.3 is 6.03 Å². The summed E-state index contributed by atoms with van der Waals surface area (Å²) in [6, 6.07) is -0.384. The summed E-state index contributed by atoms with van der Waals surface area (Å²) in [4.78, 5) is 38.9. The lowest BCUT2D eigenvalue weighted by Gasteiger charge is -2.40. The molecule has 8 heteroatoms. The van der Waals surface area contributed by atoms with Crippen molar-refractivity contribution < 1.29 is 14.4 Å². The number of imide groups is 1. The highest BCUT2D eigenvalue weighted by Gasteiger charge is 2.53. The van der Waals surface area contributed by atoms with Crippen LogP contribution in [0.1, 0.15) is 65.7 Å². The summed E-state index contributed by atoms with van der Waals surface area (Å²) in [5, 5.41) is 5.87. The molecule has 0 aromatic rings. The van der Waals surface area contributed by atoms with Crippen LogP contribution in [0, 0.1) is 17.3 Å². The number of nitrogens with zero attached hydrogens (tertiary/aromatic N) is 1. The first-order chi connectivity index (χ1) is 12.7. The Balaban J connectivity index is 0.00000280. The van der Waals surface area contributed by atoms with Crippen LogP contribution in [-0.4, -0.2) is 47.4 Å². The summed E-state index contributed by atoms with van der Waals surface area (Å²) >= 11 is 0. The molecule has 28 heavy (non-hydrogen) atoms. The van der Waals surface area contributed by atoms with Gasteiger partial charge in [-0.15, -0.1) is 12.4 Å². The van der Waals surface area contributed by atoms with Crippen LogP contribution in [0.4, 0.5) is 4.79 Å². The molecule has 4 N–H and O–H groups in total. The minimum absolute atomic E-state index is 0. The van der Waals surface area contributed by atoms with Crippen molar-refractivity contribution >= 4 is 30.3 Å². The molecule has 0 radical (unpaired) electrons. The quantitative estimate of drug-likeness (QED) is 0.613. The average molecular weight is 415 g/mol. The van der Waals surface area contributed by atoms with Gasteiger partial charge in [-0.25, -0.2) is 4.79 Å². The summed E-state index contributed by atoms with van der Waals surface area (Å²) in [5.74, 6) is 0.317. The molecular formula is C20H35ClN4O3. The van der Waals surface area contributed by atoms with Gasteiger partial charge in [-0.2, -0.15) is 0 Å². The van der Waals surface area contributed by atoms with Crippen molar-refractivity contribution in [2.75, 3.05) is 13.1 Å². The van der Waals surface area contributed by atoms with Crippen molar-refractivity contribution in [3.8, 4) is 0 Å². The fraction of sp³-hybridized carbons (Fsp3) is 0.850. The molecule has 2 unspecified atom stereocenters. The van der Waals surface area contributed by atoms with E-state index >= 15 is 0 Å². The third-order valence-electron chi connectivity index (χ3n) is 6.92. The van der Waals surface area contributed by atoms with E-state index in [2.05, 4.69) is 31.4 Å². The molecule has 2 atom stereocenters. The van der Waals surface area contributed by atoms with Gasteiger partial charge in [-0.05, 0) is 62.3 Å². The molecule has 1 heterocycles. The van der Waals surface area contributed by atoms with E-state index in [1.807, 2.05) is 0 Å². The van der Waals surface area contributed by atoms with E-state index in [1.54, 1.807) is 0 Å². The lowest BCUT2D eigenvalue weighted by atomic mass is 9.67. The van der Waals surface area contributed by atoms with Gasteiger partial charge < -0.3 is 16.4 Å². The molecule has 3 aliphatic rings. The van der Waals surface area contributed by atoms with Crippen molar-refractivity contribution in [2.45, 2.75) is 77.3 Å². The number of nitrogens with one attached hydrogen (secondary N) is 2. The van der Waals surface area contributed by atoms with E-state index in [0.717, 1.165) is 37.0 Å². The molecule has 2 saturated carbocycles. The maximum absolute atomic E-state index is 13.0. The molecule has 1 spiro atoms. The summed E-state index contributed by atoms with van der Waals surface area (Å²) in [7, 11) is 0. The lowest BCUT2D eigenvalue weighted by Crippen LogP contribution is -2.51. The molecule has 1 saturated heterocycles. The second kappa shape index (κ2) is 8.57. The predicted octanol–water partition coefficient (Wildman–Crippen LogP) is 2.18. The highest BCUT2D eigenvalue weighted by molar-refractivity contribution is 6.09. The first kappa shape index (κ1) is 22.9. The van der Waals surface area contributed by atoms with E-state index in [9.17, 15) is 14.4 Å². The number of carbonyl (C=O) groups excluding carboxylic acids is 3. The highest BCUT2D eigenvalue weighted by Crippen LogP contribution is 2.43. The summed E-state index contributed by atoms with van der Waals surface area (Å²) in [6.45, 7) is 7.01. The highest BCUT2D eigenvalue weighted by atomic mass is 35.5. The number of rotatable bonds is 4. The molecule has 3 fully saturated rings. The van der Waals surface area contributed by atoms with Gasteiger partial charge in [0.15, 0.2) is 0 Å². The van der Waals surface area contributed by atoms with Gasteiger partial charge in [-0.3, -0.25) is 14.5 Å². The van der Waals surface area contributed by atoms with E-state index in [4.69, 9.17) is 5.73 Å². The van der Waals surface area contributed by atoms with E-state index in [1.165, 1.54) is 0 Å². The first-order valence-corrected chi connectivity index (χ1v) is 10.3. The van der Waals surface area contributed by atoms with Crippen molar-refractivity contribution in [3.05, 3.63) is 0 Å². The normalized spacial score (nSPS) is 33.0. The third-order valence-corrected chi connectivity index (χ3v) is 6.92. The second-order valence-electron chi connectivity index (χ2n) is 9.64. The maximum Gasteiger partial charge on any atom is 0.325 e. The molecule has 4 amide bonds. The molecule has 160 valence electrons. The van der Waals surface area contributed by atoms with Gasteiger partial charge in [0.25, 0.3) is 5.91 Å². The Bertz CT molecular complexity index is 611. The Morgan fingerprint density at radius 1 is 1.21 bits per heavy atom. The Kier molecular flexibility index (Phi) is 7.03. The predicted molar refractivity (Wildman–Crippen MR) is 110 cm³/mol. The average Bonchev–Trinajstić information content (AvgIpc) is 3.13. The lowest BCUT2D eigenvalue weighted by molar-refractivity contribution is -0.136. The van der Waals surface area contributed by atoms with Crippen molar-refractivity contribution in [1.29, 1.82) is 0 Å². The van der Waals surface area contributed by atoms with Gasteiger partial charge in [0.1, 0.15) is 12.1 Å². The summed E-state index contributed by atoms with van der Waals surface area (Å²) in [5.41, 5.74) is 5.15. The number of carbonyl (C=O) groups is 3. The zero-order valence-corrected chi connectivity index (χ0v) is 18.1. The van der Waals surface area contributed by atoms with Crippen LogP contribution in [-0.2, 0) is 9.59 Å². The van der Waals surface area contributed by atoms with Gasteiger partial charge in [0.2, 0.25) is 5.91 Å². The number of amides is 4. The van der Waals surface area contributed by atoms with Gasteiger partial charge in [-0.1, -0.05) is 27.2 Å². The van der Waals surface area contributed by atoms with Crippen LogP contribution in [0.15, 0.2) is 0 Å². The SMILES string of the molecule is CC(C)(C)C1CCC2(CC1)NC(=O)N(CC(=O)NC1CCCC1CN)C2=O.Cl. The molecule has 0 aromatic heterocycles. The number of hydrogen-bond acceptors (Lipinski definition) is 4. The minimum Gasteiger partial charge on any atom is -0.351 e. The van der Waals surface area contributed by atoms with Crippen LogP contribution in [0.5, 0.6) is 0 Å². The van der Waals surface area contributed by atoms with Crippen LogP contribution >= 0.6 is 12.4 Å². The molecular weight excluding hydrogens is 380 g/mol. The monoisotopic (exact) mass is 414 g/mol. The minimum atomic E-state index is -0.813. The van der Waals surface area contributed by atoms with Crippen LogP contribution < -0.4 is 16.4 Å². The fourth-order valence-corrected chi connectivity index (χ4v) is 5.04. The first-order valence-electron chi connectivity index (χ1n) is 10.3. The number of nitrogens with two attached hydrogens (primary N) is 1. The zero-order chi connectivity index (χ0) is 19.8. The molecule has 0 aromatic carbocycles. The van der Waals surface area contributed by atoms with E-state index in [-0.39, 0.29) is 48.1 Å². The molecule has 2 aliphatic carbocycles.